The summed E-state index contributed by atoms with van der Waals surface area (Å²) in [7, 11) is 3.09. The van der Waals surface area contributed by atoms with Gasteiger partial charge in [-0.3, -0.25) is 14.6 Å². The van der Waals surface area contributed by atoms with Crippen LogP contribution in [-0.2, 0) is 28.5 Å². The summed E-state index contributed by atoms with van der Waals surface area (Å²) in [6, 6.07) is 5.27. The number of carbonyl (C=O) groups excluding carboxylic acids is 2. The number of ether oxygens (including phenoxy) is 8. The van der Waals surface area contributed by atoms with Crippen molar-refractivity contribution in [2.75, 3.05) is 93.2 Å². The number of aryl methyl sites for hydroxylation is 1. The van der Waals surface area contributed by atoms with E-state index in [2.05, 4.69) is 55.3 Å². The standard InChI is InChI=1S/C31H38FN5O5.C31H39FN4O5.C2H6/c1-21-7-8-23(22(2)32)29(36-21)33-11-5-15-42-30-24-16-26(39-3)27(17-25(24)34-20-35-30)41-14-4-6-28(38)37-12-9-31(10-13-37)18-40-19-31;1-6-24(40-14-8-9-28(37)36(7-2)13-11-31(4)19-39-20-31)26(38-5)16-22-17-33-12-10-25(22)41-27-18-34-30-23(29(27)32)15-21(3)35-30;1-2/h7,11,16-17,20,36H,2,4-6,8-10,12-15,18-19H2,1,3H3;6,10,12,15-16,18H,1,7-9,11,13-14,17,19-20H2,2-5H3,(H,34,35);1-2H3/b33-11-;22-16+,26-24-;. The van der Waals surface area contributed by atoms with Gasteiger partial charge in [-0.05, 0) is 89.7 Å². The predicted molar refractivity (Wildman–Crippen MR) is 325 cm³/mol. The zero-order valence-electron chi connectivity index (χ0n) is 50.6. The van der Waals surface area contributed by atoms with Gasteiger partial charge >= 0.3 is 0 Å². The number of rotatable bonds is 26. The summed E-state index contributed by atoms with van der Waals surface area (Å²) in [5.41, 5.74) is 4.42. The Morgan fingerprint density at radius 2 is 1.71 bits per heavy atom. The molecule has 9 rings (SSSR count). The van der Waals surface area contributed by atoms with E-state index in [4.69, 9.17) is 37.9 Å². The maximum Gasteiger partial charge on any atom is 0.224 e. The Labute approximate surface area is 497 Å². The second kappa shape index (κ2) is 31.3. The first-order valence-electron chi connectivity index (χ1n) is 29.2. The van der Waals surface area contributed by atoms with Gasteiger partial charge in [0.1, 0.15) is 29.4 Å². The molecule has 0 bridgehead atoms. The van der Waals surface area contributed by atoms with Crippen molar-refractivity contribution in [1.29, 1.82) is 0 Å². The fraction of sp³-hybridized carbons (Fsp3) is 0.484. The zero-order chi connectivity index (χ0) is 60.9. The number of methoxy groups -OCH3 is 2. The first kappa shape index (κ1) is 64.6. The molecule has 458 valence electrons. The van der Waals surface area contributed by atoms with Crippen LogP contribution in [0.1, 0.15) is 98.1 Å². The van der Waals surface area contributed by atoms with Crippen molar-refractivity contribution in [2.24, 2.45) is 20.8 Å². The van der Waals surface area contributed by atoms with Gasteiger partial charge in [0.15, 0.2) is 34.6 Å². The monoisotopic (exact) mass is 1180 g/mol. The number of likely N-dealkylation sites (tertiary alicyclic amines) is 1. The summed E-state index contributed by atoms with van der Waals surface area (Å²) in [5, 5.41) is 4.12. The molecule has 0 atom stereocenters. The number of carbonyl (C=O) groups is 2. The Balaban J connectivity index is 0.000000237. The van der Waals surface area contributed by atoms with Gasteiger partial charge in [0.2, 0.25) is 17.7 Å². The average molecular weight is 1180 g/mol. The number of halogens is 2. The molecule has 3 aromatic heterocycles. The van der Waals surface area contributed by atoms with Crippen LogP contribution < -0.4 is 24.3 Å². The van der Waals surface area contributed by atoms with Crippen LogP contribution in [0.4, 0.5) is 8.78 Å². The number of allylic oxidation sites excluding steroid dienone is 7. The van der Waals surface area contributed by atoms with E-state index in [0.717, 1.165) is 76.7 Å². The first-order valence-corrected chi connectivity index (χ1v) is 29.2. The Morgan fingerprint density at radius 3 is 2.39 bits per heavy atom. The molecule has 0 aliphatic carbocycles. The van der Waals surface area contributed by atoms with E-state index in [1.807, 2.05) is 50.5 Å². The van der Waals surface area contributed by atoms with Crippen LogP contribution in [0.3, 0.4) is 0 Å². The number of nitrogens with one attached hydrogen (secondary N) is 2. The minimum atomic E-state index is -0.498. The lowest BCUT2D eigenvalue weighted by Crippen LogP contribution is -2.52. The molecule has 0 saturated carbocycles. The number of aliphatic imine (C=N–C) groups is 2. The molecule has 3 saturated heterocycles. The van der Waals surface area contributed by atoms with Gasteiger partial charge in [0.25, 0.3) is 0 Å². The van der Waals surface area contributed by atoms with Gasteiger partial charge in [-0.15, -0.1) is 0 Å². The number of nitrogens with zero attached hydrogens (tertiary/aromatic N) is 7. The second-order valence-electron chi connectivity index (χ2n) is 21.5. The third-order valence-electron chi connectivity index (χ3n) is 15.1. The van der Waals surface area contributed by atoms with Crippen LogP contribution in [0.15, 0.2) is 124 Å². The van der Waals surface area contributed by atoms with E-state index >= 15 is 4.39 Å². The lowest BCUT2D eigenvalue weighted by Gasteiger charge is -2.47. The zero-order valence-corrected chi connectivity index (χ0v) is 50.6. The largest absolute Gasteiger partial charge is 0.493 e. The summed E-state index contributed by atoms with van der Waals surface area (Å²) in [6.45, 7) is 26.7. The molecule has 1 spiro atoms. The van der Waals surface area contributed by atoms with E-state index in [1.54, 1.807) is 56.0 Å². The van der Waals surface area contributed by atoms with Gasteiger partial charge in [-0.2, -0.15) is 0 Å². The number of benzene rings is 1. The van der Waals surface area contributed by atoms with Gasteiger partial charge in [0.05, 0.1) is 89.5 Å². The number of aromatic nitrogens is 4. The third-order valence-corrected chi connectivity index (χ3v) is 15.1. The Kier molecular flexibility index (Phi) is 23.8. The molecule has 21 heteroatoms. The summed E-state index contributed by atoms with van der Waals surface area (Å²) in [5.74, 6) is 2.48. The molecule has 2 N–H and O–H groups in total. The summed E-state index contributed by atoms with van der Waals surface area (Å²) >= 11 is 0. The molecule has 85 heavy (non-hydrogen) atoms. The van der Waals surface area contributed by atoms with E-state index in [0.29, 0.717) is 150 Å². The number of hydrogen-bond donors (Lipinski definition) is 2. The van der Waals surface area contributed by atoms with Crippen LogP contribution in [0.25, 0.3) is 21.9 Å². The highest BCUT2D eigenvalue weighted by atomic mass is 19.1. The molecule has 1 aromatic carbocycles. The van der Waals surface area contributed by atoms with Crippen molar-refractivity contribution < 1.29 is 56.3 Å². The Bertz CT molecular complexity index is 3220. The maximum absolute atomic E-state index is 15.1. The number of pyridine rings is 1. The van der Waals surface area contributed by atoms with Gasteiger partial charge in [0, 0.05) is 97.3 Å². The number of dihydropyridines is 2. The van der Waals surface area contributed by atoms with Crippen LogP contribution in [0.5, 0.6) is 23.1 Å². The number of aromatic amines is 1. The van der Waals surface area contributed by atoms with Crippen LogP contribution in [-0.4, -0.2) is 147 Å². The lowest BCUT2D eigenvalue weighted by molar-refractivity contribution is -0.153. The van der Waals surface area contributed by atoms with Crippen molar-refractivity contribution in [3.8, 4) is 23.1 Å². The quantitative estimate of drug-likeness (QED) is 0.0260. The van der Waals surface area contributed by atoms with Crippen molar-refractivity contribution in [1.82, 2.24) is 35.1 Å². The van der Waals surface area contributed by atoms with E-state index in [-0.39, 0.29) is 23.0 Å². The number of hydrogen-bond acceptors (Lipinski definition) is 16. The van der Waals surface area contributed by atoms with Gasteiger partial charge in [-0.1, -0.05) is 40.0 Å². The molecule has 5 aliphatic heterocycles. The fourth-order valence-electron chi connectivity index (χ4n) is 9.94. The number of amides is 2. The highest BCUT2D eigenvalue weighted by Crippen LogP contribution is 2.39. The predicted octanol–water partition coefficient (Wildman–Crippen LogP) is 11.3. The summed E-state index contributed by atoms with van der Waals surface area (Å²) in [4.78, 5) is 53.9. The highest BCUT2D eigenvalue weighted by Gasteiger charge is 2.42. The van der Waals surface area contributed by atoms with Crippen LogP contribution in [0.2, 0.25) is 0 Å². The molecule has 8 heterocycles. The Hall–Kier alpha value is -7.91. The molecular weight excluding hydrogens is 1090 g/mol. The minimum Gasteiger partial charge on any atom is -0.493 e. The van der Waals surface area contributed by atoms with Gasteiger partial charge in [-0.25, -0.2) is 28.7 Å². The SMILES string of the molecule is C=C(F)C1=C(/N=C\CCOc2ncnc3cc(OCCCC(=O)N4CCC5(CC4)COC5)c(OC)cc23)NC(C)=CC1.C=C/C(OCCCC(=O)N(CC)CCC1(C)COC1)=C(\C=C1/CN=CC=C1Oc1cnc2[nH]c(C)cc2c1F)OC.CC. The Morgan fingerprint density at radius 1 is 0.941 bits per heavy atom. The molecule has 2 amide bonds. The third kappa shape index (κ3) is 17.4. The minimum absolute atomic E-state index is 0.00741. The molecule has 5 aliphatic rings. The highest BCUT2D eigenvalue weighted by molar-refractivity contribution is 5.87. The summed E-state index contributed by atoms with van der Waals surface area (Å²) < 4.78 is 74.6. The molecule has 19 nitrogen and oxygen atoms in total. The molecule has 0 radical (unpaired) electrons. The van der Waals surface area contributed by atoms with Crippen molar-refractivity contribution >= 4 is 46.2 Å². The normalized spacial score (nSPS) is 17.4. The van der Waals surface area contributed by atoms with Gasteiger partial charge < -0.3 is 58.0 Å². The number of piperidine rings is 1. The van der Waals surface area contributed by atoms with Crippen LogP contribution >= 0.6 is 0 Å². The van der Waals surface area contributed by atoms with E-state index in [1.165, 1.54) is 19.6 Å². The molecule has 0 unspecified atom stereocenters. The molecule has 4 aromatic rings. The molecule has 3 fully saturated rings. The number of fused-ring (bicyclic) bond motifs is 2. The van der Waals surface area contributed by atoms with Crippen LogP contribution in [0, 0.1) is 23.6 Å². The fourth-order valence-corrected chi connectivity index (χ4v) is 9.94. The van der Waals surface area contributed by atoms with E-state index in [9.17, 15) is 14.0 Å². The van der Waals surface area contributed by atoms with Crippen molar-refractivity contribution in [3.63, 3.8) is 0 Å². The second-order valence-corrected chi connectivity index (χ2v) is 21.5. The molecular formula is C64H83F2N9O10. The summed E-state index contributed by atoms with van der Waals surface area (Å²) in [6.07, 6.45) is 18.8. The lowest BCUT2D eigenvalue weighted by atomic mass is 9.77. The first-order chi connectivity index (χ1) is 41.1. The van der Waals surface area contributed by atoms with Crippen molar-refractivity contribution in [3.05, 3.63) is 125 Å². The maximum atomic E-state index is 15.1. The number of H-pyrrole nitrogens is 1. The smallest absolute Gasteiger partial charge is 0.224 e. The van der Waals surface area contributed by atoms with E-state index < -0.39 is 11.6 Å². The van der Waals surface area contributed by atoms with Crippen molar-refractivity contribution in [2.45, 2.75) is 99.3 Å². The average Bonchev–Trinajstić information content (AvgIpc) is 4.13. The topological polar surface area (TPSA) is 206 Å².